The van der Waals surface area contributed by atoms with Crippen molar-refractivity contribution in [2.75, 3.05) is 5.01 Å². The number of hydrogen-bond acceptors (Lipinski definition) is 5. The molecule has 2 N–H and O–H groups in total. The number of anilines is 1. The van der Waals surface area contributed by atoms with Gasteiger partial charge < -0.3 is 10.4 Å². The molecule has 0 saturated carbocycles. The lowest BCUT2D eigenvalue weighted by atomic mass is 10.1. The molecule has 0 unspecified atom stereocenters. The van der Waals surface area contributed by atoms with Crippen LogP contribution in [-0.2, 0) is 16.1 Å². The van der Waals surface area contributed by atoms with Gasteiger partial charge in [0.2, 0.25) is 0 Å². The molecule has 3 rings (SSSR count). The molecule has 0 saturated heterocycles. The molecule has 0 bridgehead atoms. The van der Waals surface area contributed by atoms with Crippen molar-refractivity contribution in [1.82, 2.24) is 10.3 Å². The molecule has 0 atom stereocenters. The Hall–Kier alpha value is -3.19. The van der Waals surface area contributed by atoms with Crippen LogP contribution in [-0.4, -0.2) is 27.7 Å². The second-order valence-corrected chi connectivity index (χ2v) is 6.27. The zero-order chi connectivity index (χ0) is 19.4. The van der Waals surface area contributed by atoms with E-state index in [4.69, 9.17) is 11.6 Å². The van der Waals surface area contributed by atoms with Crippen LogP contribution in [0.2, 0.25) is 5.02 Å². The van der Waals surface area contributed by atoms with E-state index >= 15 is 0 Å². The van der Waals surface area contributed by atoms with Crippen molar-refractivity contribution in [2.45, 2.75) is 19.9 Å². The van der Waals surface area contributed by atoms with Gasteiger partial charge in [-0.05, 0) is 31.2 Å². The summed E-state index contributed by atoms with van der Waals surface area (Å²) in [5, 5.41) is 18.0. The van der Waals surface area contributed by atoms with Crippen LogP contribution in [0.4, 0.5) is 5.69 Å². The number of hydrazone groups is 1. The van der Waals surface area contributed by atoms with E-state index in [-0.39, 0.29) is 17.7 Å². The number of aliphatic carboxylic acids is 1. The number of benzene rings is 1. The first-order valence-corrected chi connectivity index (χ1v) is 8.58. The highest BCUT2D eigenvalue weighted by molar-refractivity contribution is 6.37. The molecule has 1 amide bonds. The predicted molar refractivity (Wildman–Crippen MR) is 102 cm³/mol. The first kappa shape index (κ1) is 18.6. The molecule has 2 heterocycles. The van der Waals surface area contributed by atoms with E-state index in [0.29, 0.717) is 23.0 Å². The lowest BCUT2D eigenvalue weighted by Crippen LogP contribution is -2.25. The van der Waals surface area contributed by atoms with Crippen molar-refractivity contribution in [3.8, 4) is 0 Å². The first-order valence-electron chi connectivity index (χ1n) is 8.20. The number of carboxylic acids is 1. The number of carboxylic acid groups (broad SMARTS) is 1. The third-order valence-electron chi connectivity index (χ3n) is 3.95. The summed E-state index contributed by atoms with van der Waals surface area (Å²) in [7, 11) is 0. The predicted octanol–water partition coefficient (Wildman–Crippen LogP) is 2.98. The number of carbonyl (C=O) groups excluding carboxylic acids is 1. The summed E-state index contributed by atoms with van der Waals surface area (Å²) < 4.78 is 0. The highest BCUT2D eigenvalue weighted by Crippen LogP contribution is 2.31. The number of nitrogens with one attached hydrogen (secondary N) is 1. The van der Waals surface area contributed by atoms with Gasteiger partial charge in [0, 0.05) is 11.9 Å². The molecule has 7 nitrogen and oxygen atoms in total. The van der Waals surface area contributed by atoms with Crippen molar-refractivity contribution < 1.29 is 14.7 Å². The molecule has 1 aliphatic heterocycles. The lowest BCUT2D eigenvalue weighted by molar-refractivity contribution is -0.135. The van der Waals surface area contributed by atoms with Crippen molar-refractivity contribution in [3.63, 3.8) is 0 Å². The van der Waals surface area contributed by atoms with Crippen molar-refractivity contribution in [2.24, 2.45) is 5.10 Å². The number of pyridine rings is 1. The van der Waals surface area contributed by atoms with Gasteiger partial charge in [0.05, 0.1) is 40.7 Å². The van der Waals surface area contributed by atoms with Gasteiger partial charge in [0.15, 0.2) is 0 Å². The number of allylic oxidation sites excluding steroid dienone is 1. The van der Waals surface area contributed by atoms with Crippen LogP contribution in [0.5, 0.6) is 0 Å². The van der Waals surface area contributed by atoms with E-state index < -0.39 is 11.9 Å². The molecule has 0 aliphatic carbocycles. The molecular weight excluding hydrogens is 368 g/mol. The summed E-state index contributed by atoms with van der Waals surface area (Å²) >= 11 is 6.17. The fraction of sp³-hybridized carbons (Fsp3) is 0.158. The zero-order valence-corrected chi connectivity index (χ0v) is 15.3. The minimum Gasteiger partial charge on any atom is -0.481 e. The summed E-state index contributed by atoms with van der Waals surface area (Å²) in [5.41, 5.74) is 2.13. The molecule has 27 heavy (non-hydrogen) atoms. The number of rotatable bonds is 6. The van der Waals surface area contributed by atoms with Gasteiger partial charge in [-0.2, -0.15) is 10.1 Å². The van der Waals surface area contributed by atoms with Crippen LogP contribution < -0.4 is 10.3 Å². The Kier molecular flexibility index (Phi) is 5.52. The van der Waals surface area contributed by atoms with Crippen LogP contribution in [0.15, 0.2) is 65.0 Å². The summed E-state index contributed by atoms with van der Waals surface area (Å²) in [6.07, 6.45) is 1.31. The van der Waals surface area contributed by atoms with Gasteiger partial charge in [-0.15, -0.1) is 0 Å². The largest absolute Gasteiger partial charge is 0.481 e. The van der Waals surface area contributed by atoms with Crippen molar-refractivity contribution in [1.29, 1.82) is 0 Å². The van der Waals surface area contributed by atoms with Crippen LogP contribution in [0.25, 0.3) is 0 Å². The molecule has 0 radical (unpaired) electrons. The van der Waals surface area contributed by atoms with Gasteiger partial charge in [0.25, 0.3) is 5.91 Å². The highest BCUT2D eigenvalue weighted by Gasteiger charge is 2.34. The number of para-hydroxylation sites is 1. The summed E-state index contributed by atoms with van der Waals surface area (Å²) in [4.78, 5) is 28.4. The van der Waals surface area contributed by atoms with E-state index in [1.165, 1.54) is 0 Å². The molecular formula is C19H17ClN4O3. The Balaban J connectivity index is 1.92. The maximum Gasteiger partial charge on any atom is 0.309 e. The Morgan fingerprint density at radius 1 is 1.22 bits per heavy atom. The van der Waals surface area contributed by atoms with E-state index in [1.807, 2.05) is 18.2 Å². The first-order chi connectivity index (χ1) is 13.0. The quantitative estimate of drug-likeness (QED) is 0.746. The number of nitrogens with zero attached hydrogens (tertiary/aromatic N) is 3. The molecule has 8 heteroatoms. The van der Waals surface area contributed by atoms with E-state index in [1.54, 1.807) is 37.4 Å². The summed E-state index contributed by atoms with van der Waals surface area (Å²) in [5.74, 6) is -1.50. The SMILES string of the molecule is C/C(NCc1ccccn1)=C1\C(=O)N(c2ccccc2Cl)N=C1CC(=O)O. The number of aromatic nitrogens is 1. The number of hydrogen-bond donors (Lipinski definition) is 2. The molecule has 0 spiro atoms. The van der Waals surface area contributed by atoms with Crippen LogP contribution in [0.1, 0.15) is 19.0 Å². The van der Waals surface area contributed by atoms with E-state index in [9.17, 15) is 14.7 Å². The topological polar surface area (TPSA) is 94.9 Å². The van der Waals surface area contributed by atoms with Gasteiger partial charge in [-0.1, -0.05) is 29.8 Å². The van der Waals surface area contributed by atoms with Crippen LogP contribution in [0.3, 0.4) is 0 Å². The van der Waals surface area contributed by atoms with Crippen molar-refractivity contribution in [3.05, 3.63) is 70.6 Å². The minimum atomic E-state index is -1.07. The summed E-state index contributed by atoms with van der Waals surface area (Å²) in [6.45, 7) is 2.11. The second kappa shape index (κ2) is 8.01. The third kappa shape index (κ3) is 4.15. The Labute approximate surface area is 161 Å². The maximum absolute atomic E-state index is 12.9. The smallest absolute Gasteiger partial charge is 0.309 e. The van der Waals surface area contributed by atoms with Gasteiger partial charge >= 0.3 is 5.97 Å². The normalized spacial score (nSPS) is 15.6. The van der Waals surface area contributed by atoms with Gasteiger partial charge in [-0.25, -0.2) is 0 Å². The Bertz CT molecular complexity index is 941. The Morgan fingerprint density at radius 2 is 1.96 bits per heavy atom. The average molecular weight is 385 g/mol. The Morgan fingerprint density at radius 3 is 2.63 bits per heavy atom. The molecule has 1 aromatic heterocycles. The van der Waals surface area contributed by atoms with Crippen LogP contribution >= 0.6 is 11.6 Å². The minimum absolute atomic E-state index is 0.179. The van der Waals surface area contributed by atoms with Crippen molar-refractivity contribution >= 4 is 34.9 Å². The van der Waals surface area contributed by atoms with Crippen LogP contribution in [0, 0.1) is 0 Å². The zero-order valence-electron chi connectivity index (χ0n) is 14.5. The molecule has 0 fully saturated rings. The van der Waals surface area contributed by atoms with Gasteiger partial charge in [0.1, 0.15) is 0 Å². The van der Waals surface area contributed by atoms with E-state index in [2.05, 4.69) is 15.4 Å². The van der Waals surface area contributed by atoms with E-state index in [0.717, 1.165) is 10.7 Å². The molecule has 138 valence electrons. The summed E-state index contributed by atoms with van der Waals surface area (Å²) in [6, 6.07) is 12.3. The molecule has 2 aromatic rings. The number of halogens is 1. The maximum atomic E-state index is 12.9. The molecule has 1 aliphatic rings. The highest BCUT2D eigenvalue weighted by atomic mass is 35.5. The second-order valence-electron chi connectivity index (χ2n) is 5.86. The number of amides is 1. The van der Waals surface area contributed by atoms with Gasteiger partial charge in [-0.3, -0.25) is 14.6 Å². The number of carbonyl (C=O) groups is 2. The fourth-order valence-electron chi connectivity index (χ4n) is 2.69. The third-order valence-corrected chi connectivity index (χ3v) is 4.27. The standard InChI is InChI=1S/C19H17ClN4O3/c1-12(22-11-13-6-4-5-9-21-13)18-15(10-17(25)26)23-24(19(18)27)16-8-3-2-7-14(16)20/h2-9,22H,10-11H2,1H3,(H,25,26)/b18-12+. The molecule has 1 aromatic carbocycles. The lowest BCUT2D eigenvalue weighted by Gasteiger charge is -2.14. The average Bonchev–Trinajstić information content (AvgIpc) is 2.96. The fourth-order valence-corrected chi connectivity index (χ4v) is 2.91. The monoisotopic (exact) mass is 384 g/mol.